The molecule has 2 heterocycles. The van der Waals surface area contributed by atoms with E-state index in [0.717, 1.165) is 10.9 Å². The third-order valence-electron chi connectivity index (χ3n) is 5.25. The number of aliphatic carboxylic acids is 1. The lowest BCUT2D eigenvalue weighted by Gasteiger charge is -2.24. The molecule has 0 aliphatic carbocycles. The summed E-state index contributed by atoms with van der Waals surface area (Å²) in [4.78, 5) is 16.0. The van der Waals surface area contributed by atoms with Crippen molar-refractivity contribution < 1.29 is 27.8 Å². The number of pyridine rings is 1. The first kappa shape index (κ1) is 25.2. The van der Waals surface area contributed by atoms with E-state index in [4.69, 9.17) is 23.2 Å². The average molecular weight is 503 g/mol. The van der Waals surface area contributed by atoms with Gasteiger partial charge in [-0.25, -0.2) is 4.98 Å². The summed E-state index contributed by atoms with van der Waals surface area (Å²) in [6, 6.07) is 2.64. The van der Waals surface area contributed by atoms with Crippen LogP contribution in [-0.4, -0.2) is 27.0 Å². The predicted molar refractivity (Wildman–Crippen MR) is 121 cm³/mol. The molecule has 0 saturated heterocycles. The summed E-state index contributed by atoms with van der Waals surface area (Å²) in [6.07, 6.45) is -3.11. The molecule has 0 aliphatic rings. The number of benzene rings is 1. The monoisotopic (exact) mass is 502 g/mol. The zero-order valence-corrected chi connectivity index (χ0v) is 20.2. The molecular formula is C23H23Cl2F3N2O3. The molecule has 3 aromatic rings. The number of alkyl halides is 3. The molecule has 0 saturated carbocycles. The first-order chi connectivity index (χ1) is 15.1. The number of aryl methyl sites for hydroxylation is 2. The summed E-state index contributed by atoms with van der Waals surface area (Å²) in [5.74, 6) is -1.35. The predicted octanol–water partition coefficient (Wildman–Crippen LogP) is 6.60. The third-order valence-corrected chi connectivity index (χ3v) is 6.02. The summed E-state index contributed by atoms with van der Waals surface area (Å²) < 4.78 is 43.9. The lowest BCUT2D eigenvalue weighted by molar-refractivity contribution is -0.274. The molecule has 0 atom stereocenters. The second-order valence-electron chi connectivity index (χ2n) is 8.97. The van der Waals surface area contributed by atoms with Gasteiger partial charge in [-0.2, -0.15) is 0 Å². The summed E-state index contributed by atoms with van der Waals surface area (Å²) in [5.41, 5.74) is 2.77. The summed E-state index contributed by atoms with van der Waals surface area (Å²) in [5, 5.41) is 10.5. The van der Waals surface area contributed by atoms with E-state index in [-0.39, 0.29) is 28.8 Å². The molecule has 33 heavy (non-hydrogen) atoms. The van der Waals surface area contributed by atoms with Gasteiger partial charge in [-0.3, -0.25) is 4.79 Å². The van der Waals surface area contributed by atoms with Crippen molar-refractivity contribution in [3.63, 3.8) is 0 Å². The van der Waals surface area contributed by atoms with Crippen molar-refractivity contribution in [3.05, 3.63) is 56.5 Å². The van der Waals surface area contributed by atoms with Crippen LogP contribution in [0.5, 0.6) is 5.75 Å². The number of aromatic nitrogens is 2. The van der Waals surface area contributed by atoms with Crippen molar-refractivity contribution in [3.8, 4) is 5.75 Å². The van der Waals surface area contributed by atoms with Crippen LogP contribution in [-0.2, 0) is 30.1 Å². The second-order valence-corrected chi connectivity index (χ2v) is 9.70. The smallest absolute Gasteiger partial charge is 0.481 e. The third kappa shape index (κ3) is 5.38. The Morgan fingerprint density at radius 3 is 2.36 bits per heavy atom. The van der Waals surface area contributed by atoms with E-state index in [1.807, 2.05) is 20.8 Å². The molecule has 3 rings (SSSR count). The zero-order valence-electron chi connectivity index (χ0n) is 18.7. The number of carboxylic acids is 1. The maximum absolute atomic E-state index is 12.7. The number of carbonyl (C=O) groups is 1. The summed E-state index contributed by atoms with van der Waals surface area (Å²) in [7, 11) is 1.71. The molecule has 0 fully saturated rings. The van der Waals surface area contributed by atoms with E-state index in [1.165, 1.54) is 12.1 Å². The maximum Gasteiger partial charge on any atom is 0.573 e. The molecular weight excluding hydrogens is 480 g/mol. The maximum atomic E-state index is 12.7. The van der Waals surface area contributed by atoms with Gasteiger partial charge in [-0.1, -0.05) is 44.0 Å². The van der Waals surface area contributed by atoms with Crippen LogP contribution in [0.25, 0.3) is 10.9 Å². The standard InChI is InChI=1S/C23H23Cl2F3N2O3/c1-11-6-13(33-23(26,27)28)8-16-18(11)12(10-30(16)5)7-15-19(24)14(9-17(31)32)20(22(2,3)4)29-21(15)25/h6,8,10H,7,9H2,1-5H3,(H,31,32). The van der Waals surface area contributed by atoms with Gasteiger partial charge in [0, 0.05) is 47.7 Å². The molecule has 178 valence electrons. The van der Waals surface area contributed by atoms with Crippen LogP contribution in [0.1, 0.15) is 48.7 Å². The van der Waals surface area contributed by atoms with E-state index in [9.17, 15) is 23.1 Å². The Balaban J connectivity index is 2.15. The highest BCUT2D eigenvalue weighted by Crippen LogP contribution is 2.38. The zero-order chi connectivity index (χ0) is 24.9. The number of carboxylic acid groups (broad SMARTS) is 1. The Bertz CT molecular complexity index is 1240. The first-order valence-corrected chi connectivity index (χ1v) is 10.8. The van der Waals surface area contributed by atoms with Gasteiger partial charge in [0.15, 0.2) is 0 Å². The van der Waals surface area contributed by atoms with E-state index in [1.54, 1.807) is 24.7 Å². The molecule has 0 amide bonds. The van der Waals surface area contributed by atoms with Crippen molar-refractivity contribution in [2.45, 2.75) is 52.3 Å². The lowest BCUT2D eigenvalue weighted by atomic mass is 9.86. The largest absolute Gasteiger partial charge is 0.573 e. The van der Waals surface area contributed by atoms with Gasteiger partial charge in [-0.05, 0) is 24.1 Å². The number of hydrogen-bond donors (Lipinski definition) is 1. The molecule has 5 nitrogen and oxygen atoms in total. The van der Waals surface area contributed by atoms with Crippen molar-refractivity contribution in [2.75, 3.05) is 0 Å². The van der Waals surface area contributed by atoms with E-state index < -0.39 is 17.7 Å². The van der Waals surface area contributed by atoms with Crippen molar-refractivity contribution in [1.82, 2.24) is 9.55 Å². The summed E-state index contributed by atoms with van der Waals surface area (Å²) >= 11 is 13.2. The van der Waals surface area contributed by atoms with Gasteiger partial charge in [0.1, 0.15) is 10.9 Å². The Hall–Kier alpha value is -2.45. The van der Waals surface area contributed by atoms with Crippen LogP contribution < -0.4 is 4.74 Å². The van der Waals surface area contributed by atoms with E-state index in [0.29, 0.717) is 27.9 Å². The number of fused-ring (bicyclic) bond motifs is 1. The van der Waals surface area contributed by atoms with E-state index in [2.05, 4.69) is 9.72 Å². The molecule has 0 aliphatic heterocycles. The van der Waals surface area contributed by atoms with Crippen LogP contribution in [0.4, 0.5) is 13.2 Å². The molecule has 0 radical (unpaired) electrons. The first-order valence-electron chi connectivity index (χ1n) is 10.0. The van der Waals surface area contributed by atoms with Gasteiger partial charge in [0.05, 0.1) is 22.7 Å². The average Bonchev–Trinajstić information content (AvgIpc) is 2.94. The van der Waals surface area contributed by atoms with Crippen LogP contribution in [0, 0.1) is 6.92 Å². The van der Waals surface area contributed by atoms with Gasteiger partial charge in [0.25, 0.3) is 0 Å². The van der Waals surface area contributed by atoms with Crippen LogP contribution >= 0.6 is 23.2 Å². The highest BCUT2D eigenvalue weighted by Gasteiger charge is 2.32. The molecule has 10 heteroatoms. The van der Waals surface area contributed by atoms with Crippen molar-refractivity contribution >= 4 is 40.1 Å². The van der Waals surface area contributed by atoms with Crippen LogP contribution in [0.3, 0.4) is 0 Å². The van der Waals surface area contributed by atoms with Crippen molar-refractivity contribution in [2.24, 2.45) is 7.05 Å². The Kier molecular flexibility index (Phi) is 6.65. The lowest BCUT2D eigenvalue weighted by Crippen LogP contribution is -2.20. The minimum Gasteiger partial charge on any atom is -0.481 e. The fourth-order valence-electron chi connectivity index (χ4n) is 4.01. The SMILES string of the molecule is Cc1cc(OC(F)(F)F)cc2c1c(Cc1c(Cl)nc(C(C)(C)C)c(CC(=O)O)c1Cl)cn2C. The summed E-state index contributed by atoms with van der Waals surface area (Å²) in [6.45, 7) is 7.36. The number of hydrogen-bond acceptors (Lipinski definition) is 3. The van der Waals surface area contributed by atoms with Crippen LogP contribution in [0.15, 0.2) is 18.3 Å². The molecule has 0 unspecified atom stereocenters. The topological polar surface area (TPSA) is 64.3 Å². The van der Waals surface area contributed by atoms with Gasteiger partial charge in [0.2, 0.25) is 0 Å². The molecule has 1 N–H and O–H groups in total. The minimum absolute atomic E-state index is 0.158. The highest BCUT2D eigenvalue weighted by molar-refractivity contribution is 6.36. The second kappa shape index (κ2) is 8.72. The molecule has 1 aromatic carbocycles. The van der Waals surface area contributed by atoms with Crippen molar-refractivity contribution in [1.29, 1.82) is 0 Å². The number of rotatable bonds is 5. The Labute approximate surface area is 199 Å². The van der Waals surface area contributed by atoms with Gasteiger partial charge in [-0.15, -0.1) is 13.2 Å². The van der Waals surface area contributed by atoms with E-state index >= 15 is 0 Å². The van der Waals surface area contributed by atoms with Gasteiger partial charge < -0.3 is 14.4 Å². The molecule has 0 bridgehead atoms. The molecule has 2 aromatic heterocycles. The number of ether oxygens (including phenoxy) is 1. The minimum atomic E-state index is -4.80. The number of halogens is 5. The number of nitrogens with zero attached hydrogens (tertiary/aromatic N) is 2. The fraction of sp³-hybridized carbons (Fsp3) is 0.391. The fourth-order valence-corrected chi connectivity index (χ4v) is 4.62. The normalized spacial score (nSPS) is 12.4. The van der Waals surface area contributed by atoms with Crippen LogP contribution in [0.2, 0.25) is 10.2 Å². The molecule has 0 spiro atoms. The highest BCUT2D eigenvalue weighted by atomic mass is 35.5. The Morgan fingerprint density at radius 2 is 1.82 bits per heavy atom. The Morgan fingerprint density at radius 1 is 1.18 bits per heavy atom. The van der Waals surface area contributed by atoms with Gasteiger partial charge >= 0.3 is 12.3 Å². The quantitative estimate of drug-likeness (QED) is 0.399.